The molecule has 1 aliphatic rings. The molecular weight excluding hydrogens is 144 g/mol. The van der Waals surface area contributed by atoms with Crippen LogP contribution in [0.3, 0.4) is 0 Å². The van der Waals surface area contributed by atoms with Gasteiger partial charge in [-0.2, -0.15) is 0 Å². The summed E-state index contributed by atoms with van der Waals surface area (Å²) in [7, 11) is 1.61. The van der Waals surface area contributed by atoms with Gasteiger partial charge in [0.15, 0.2) is 0 Å². The van der Waals surface area contributed by atoms with Crippen molar-refractivity contribution < 1.29 is 0 Å². The lowest BCUT2D eigenvalue weighted by atomic mass is 10.7. The Balaban J connectivity index is 2.59. The summed E-state index contributed by atoms with van der Waals surface area (Å²) in [6, 6.07) is 0.316. The minimum atomic E-state index is -0.106. The van der Waals surface area contributed by atoms with Gasteiger partial charge >= 0.3 is 5.69 Å². The maximum atomic E-state index is 11.3. The molecule has 1 saturated carbocycles. The predicted octanol–water partition coefficient (Wildman–Crippen LogP) is -0.501. The maximum absolute atomic E-state index is 11.3. The summed E-state index contributed by atoms with van der Waals surface area (Å²) < 4.78 is 2.83. The molecule has 1 aliphatic carbocycles. The van der Waals surface area contributed by atoms with Gasteiger partial charge in [0.2, 0.25) is 5.95 Å². The average molecular weight is 154 g/mol. The summed E-state index contributed by atoms with van der Waals surface area (Å²) in [5.74, 6) is 0.333. The van der Waals surface area contributed by atoms with Crippen LogP contribution in [0.2, 0.25) is 0 Å². The Kier molecular flexibility index (Phi) is 1.10. The molecule has 2 N–H and O–H groups in total. The first-order valence-electron chi connectivity index (χ1n) is 3.61. The minimum absolute atomic E-state index is 0.106. The van der Waals surface area contributed by atoms with Crippen LogP contribution in [-0.2, 0) is 7.05 Å². The molecule has 0 saturated heterocycles. The largest absolute Gasteiger partial charge is 0.368 e. The first kappa shape index (κ1) is 6.45. The summed E-state index contributed by atoms with van der Waals surface area (Å²) in [5.41, 5.74) is 5.41. The van der Waals surface area contributed by atoms with Gasteiger partial charge in [0.25, 0.3) is 0 Å². The van der Waals surface area contributed by atoms with Crippen LogP contribution in [0, 0.1) is 0 Å². The molecule has 0 aliphatic heterocycles. The minimum Gasteiger partial charge on any atom is -0.368 e. The number of hydrogen-bond donors (Lipinski definition) is 1. The highest BCUT2D eigenvalue weighted by Gasteiger charge is 2.28. The number of nitrogens with zero attached hydrogens (tertiary/aromatic N) is 3. The highest BCUT2D eigenvalue weighted by Crippen LogP contribution is 2.34. The van der Waals surface area contributed by atoms with E-state index < -0.39 is 0 Å². The first-order valence-corrected chi connectivity index (χ1v) is 3.61. The van der Waals surface area contributed by atoms with Gasteiger partial charge in [0.1, 0.15) is 0 Å². The summed E-state index contributed by atoms with van der Waals surface area (Å²) in [6.45, 7) is 0. The fourth-order valence-electron chi connectivity index (χ4n) is 1.17. The third-order valence-corrected chi connectivity index (χ3v) is 1.89. The predicted molar refractivity (Wildman–Crippen MR) is 40.2 cm³/mol. The van der Waals surface area contributed by atoms with Crippen LogP contribution >= 0.6 is 0 Å². The van der Waals surface area contributed by atoms with Crippen molar-refractivity contribution in [1.29, 1.82) is 0 Å². The Hall–Kier alpha value is -1.26. The van der Waals surface area contributed by atoms with Crippen molar-refractivity contribution in [3.8, 4) is 0 Å². The molecular formula is C6H10N4O. The molecule has 0 spiro atoms. The Bertz CT molecular complexity index is 333. The van der Waals surface area contributed by atoms with Crippen LogP contribution in [0.5, 0.6) is 0 Å². The van der Waals surface area contributed by atoms with Crippen molar-refractivity contribution in [3.63, 3.8) is 0 Å². The fraction of sp³-hybridized carbons (Fsp3) is 0.667. The van der Waals surface area contributed by atoms with E-state index in [2.05, 4.69) is 5.10 Å². The van der Waals surface area contributed by atoms with E-state index >= 15 is 0 Å². The number of nitrogens with two attached hydrogens (primary N) is 1. The number of anilines is 1. The van der Waals surface area contributed by atoms with Gasteiger partial charge in [0, 0.05) is 13.1 Å². The van der Waals surface area contributed by atoms with Crippen LogP contribution < -0.4 is 11.4 Å². The number of rotatable bonds is 1. The lowest BCUT2D eigenvalue weighted by Gasteiger charge is -1.94. The zero-order valence-corrected chi connectivity index (χ0v) is 6.32. The summed E-state index contributed by atoms with van der Waals surface area (Å²) in [4.78, 5) is 11.3. The van der Waals surface area contributed by atoms with Crippen LogP contribution in [0.25, 0.3) is 0 Å². The third-order valence-electron chi connectivity index (χ3n) is 1.89. The summed E-state index contributed by atoms with van der Waals surface area (Å²) in [6.07, 6.45) is 2.10. The molecule has 60 valence electrons. The SMILES string of the molecule is Cn1nc(N)n(C2CC2)c1=O. The molecule has 1 aromatic rings. The van der Waals surface area contributed by atoms with Crippen LogP contribution in [0.15, 0.2) is 4.79 Å². The molecule has 1 fully saturated rings. The molecule has 0 amide bonds. The second kappa shape index (κ2) is 1.87. The second-order valence-electron chi connectivity index (χ2n) is 2.87. The van der Waals surface area contributed by atoms with Gasteiger partial charge in [-0.3, -0.25) is 4.57 Å². The standard InChI is InChI=1S/C6H10N4O/c1-9-6(11)10(4-2-3-4)5(7)8-9/h4H,2-3H2,1H3,(H2,7,8). The topological polar surface area (TPSA) is 65.8 Å². The lowest BCUT2D eigenvalue weighted by molar-refractivity contribution is 0.668. The molecule has 0 radical (unpaired) electrons. The number of aromatic nitrogens is 3. The van der Waals surface area contributed by atoms with E-state index in [-0.39, 0.29) is 5.69 Å². The van der Waals surface area contributed by atoms with Gasteiger partial charge in [-0.1, -0.05) is 0 Å². The van der Waals surface area contributed by atoms with Crippen molar-refractivity contribution in [1.82, 2.24) is 14.3 Å². The van der Waals surface area contributed by atoms with Crippen LogP contribution in [0.1, 0.15) is 18.9 Å². The summed E-state index contributed by atoms with van der Waals surface area (Å²) >= 11 is 0. The van der Waals surface area contributed by atoms with E-state index in [0.717, 1.165) is 12.8 Å². The van der Waals surface area contributed by atoms with E-state index in [1.807, 2.05) is 0 Å². The van der Waals surface area contributed by atoms with E-state index in [1.165, 1.54) is 4.68 Å². The zero-order chi connectivity index (χ0) is 8.01. The molecule has 0 atom stereocenters. The Morgan fingerprint density at radius 2 is 2.27 bits per heavy atom. The molecule has 5 nitrogen and oxygen atoms in total. The van der Waals surface area contributed by atoms with Crippen molar-refractivity contribution in [3.05, 3.63) is 10.5 Å². The van der Waals surface area contributed by atoms with Gasteiger partial charge in [-0.15, -0.1) is 5.10 Å². The Morgan fingerprint density at radius 3 is 2.64 bits per heavy atom. The van der Waals surface area contributed by atoms with E-state index in [4.69, 9.17) is 5.73 Å². The molecule has 1 heterocycles. The average Bonchev–Trinajstić information content (AvgIpc) is 2.68. The molecule has 0 aromatic carbocycles. The van der Waals surface area contributed by atoms with Crippen molar-refractivity contribution >= 4 is 5.95 Å². The van der Waals surface area contributed by atoms with Crippen molar-refractivity contribution in [2.75, 3.05) is 5.73 Å². The van der Waals surface area contributed by atoms with Gasteiger partial charge in [-0.25, -0.2) is 9.48 Å². The molecule has 5 heteroatoms. The Morgan fingerprint density at radius 1 is 1.64 bits per heavy atom. The molecule has 0 bridgehead atoms. The lowest BCUT2D eigenvalue weighted by Crippen LogP contribution is -2.22. The van der Waals surface area contributed by atoms with Crippen molar-refractivity contribution in [2.45, 2.75) is 18.9 Å². The van der Waals surface area contributed by atoms with E-state index in [9.17, 15) is 4.79 Å². The van der Waals surface area contributed by atoms with Crippen LogP contribution in [-0.4, -0.2) is 14.3 Å². The maximum Gasteiger partial charge on any atom is 0.347 e. The molecule has 1 aromatic heterocycles. The number of nitrogen functional groups attached to an aromatic ring is 1. The van der Waals surface area contributed by atoms with E-state index in [1.54, 1.807) is 11.6 Å². The highest BCUT2D eigenvalue weighted by atomic mass is 16.2. The molecule has 0 unspecified atom stereocenters. The Labute approximate surface area is 63.4 Å². The smallest absolute Gasteiger partial charge is 0.347 e. The number of hydrogen-bond acceptors (Lipinski definition) is 3. The third kappa shape index (κ3) is 0.840. The quantitative estimate of drug-likeness (QED) is 0.593. The fourth-order valence-corrected chi connectivity index (χ4v) is 1.17. The monoisotopic (exact) mass is 154 g/mol. The summed E-state index contributed by atoms with van der Waals surface area (Å²) in [5, 5.41) is 3.82. The van der Waals surface area contributed by atoms with Crippen molar-refractivity contribution in [2.24, 2.45) is 7.05 Å². The highest BCUT2D eigenvalue weighted by molar-refractivity contribution is 5.16. The molecule has 11 heavy (non-hydrogen) atoms. The normalized spacial score (nSPS) is 17.2. The first-order chi connectivity index (χ1) is 5.20. The number of aryl methyl sites for hydroxylation is 1. The van der Waals surface area contributed by atoms with Gasteiger partial charge in [-0.05, 0) is 12.8 Å². The second-order valence-corrected chi connectivity index (χ2v) is 2.87. The van der Waals surface area contributed by atoms with Gasteiger partial charge < -0.3 is 5.73 Å². The zero-order valence-electron chi connectivity index (χ0n) is 6.32. The molecule has 2 rings (SSSR count). The van der Waals surface area contributed by atoms with E-state index in [0.29, 0.717) is 12.0 Å². The van der Waals surface area contributed by atoms with Gasteiger partial charge in [0.05, 0.1) is 0 Å². The van der Waals surface area contributed by atoms with Crippen LogP contribution in [0.4, 0.5) is 5.95 Å².